The van der Waals surface area contributed by atoms with Crippen LogP contribution >= 0.6 is 0 Å². The van der Waals surface area contributed by atoms with Gasteiger partial charge in [0, 0.05) is 68.2 Å². The zero-order valence-corrected chi connectivity index (χ0v) is 37.6. The summed E-state index contributed by atoms with van der Waals surface area (Å²) in [6.45, 7) is 6.90. The Kier molecular flexibility index (Phi) is 14.9. The lowest BCUT2D eigenvalue weighted by Crippen LogP contribution is -2.38. The van der Waals surface area contributed by atoms with Crippen molar-refractivity contribution in [2.75, 3.05) is 87.4 Å². The third kappa shape index (κ3) is 12.5. The molecule has 1 amide bonds. The van der Waals surface area contributed by atoms with E-state index in [-0.39, 0.29) is 28.5 Å². The zero-order valence-electron chi connectivity index (χ0n) is 37.6. The zero-order chi connectivity index (χ0) is 47.6. The van der Waals surface area contributed by atoms with Gasteiger partial charge in [-0.15, -0.1) is 0 Å². The first-order valence-electron chi connectivity index (χ1n) is 22.3. The summed E-state index contributed by atoms with van der Waals surface area (Å²) < 4.78 is 49.1. The number of amides is 1. The first kappa shape index (κ1) is 47.2. The van der Waals surface area contributed by atoms with Gasteiger partial charge in [0.15, 0.2) is 0 Å². The highest BCUT2D eigenvalue weighted by Crippen LogP contribution is 2.32. The van der Waals surface area contributed by atoms with E-state index in [1.54, 1.807) is 42.7 Å². The van der Waals surface area contributed by atoms with Crippen LogP contribution < -0.4 is 37.1 Å². The SMILES string of the molecule is CC(=O)Nc1ccc(-c2cc3cc[nH]c(=O)c3c(Nc3ccc(C4CCN(C)CC4)cc3)n2)cn1.O=c1[nH]ccc2cc(NCC(F)(F)F)nc(Nc3cccc(OCCN4CCOCC4)c3)c12. The van der Waals surface area contributed by atoms with Crippen LogP contribution in [0.1, 0.15) is 31.2 Å². The molecular formula is C49H52F3N11O5. The number of ether oxygens (including phenoxy) is 2. The minimum atomic E-state index is -4.40. The van der Waals surface area contributed by atoms with Gasteiger partial charge in [-0.2, -0.15) is 13.2 Å². The van der Waals surface area contributed by atoms with Crippen LogP contribution in [0.2, 0.25) is 0 Å². The fraction of sp³-hybridized carbons (Fsp3) is 0.306. The van der Waals surface area contributed by atoms with Crippen LogP contribution in [0.3, 0.4) is 0 Å². The molecule has 2 aromatic carbocycles. The number of hydrogen-bond donors (Lipinski definition) is 6. The molecule has 354 valence electrons. The van der Waals surface area contributed by atoms with E-state index in [0.29, 0.717) is 52.1 Å². The van der Waals surface area contributed by atoms with Crippen molar-refractivity contribution in [1.29, 1.82) is 0 Å². The number of hydrogen-bond acceptors (Lipinski definition) is 13. The highest BCUT2D eigenvalue weighted by Gasteiger charge is 2.27. The number of nitrogens with one attached hydrogen (secondary N) is 6. The highest BCUT2D eigenvalue weighted by molar-refractivity contribution is 5.96. The molecule has 19 heteroatoms. The number of rotatable bonds is 13. The Morgan fingerprint density at radius 3 is 2.15 bits per heavy atom. The molecule has 7 heterocycles. The van der Waals surface area contributed by atoms with Crippen molar-refractivity contribution in [3.8, 4) is 17.0 Å². The second-order valence-electron chi connectivity index (χ2n) is 16.6. The topological polar surface area (TPSA) is 195 Å². The minimum absolute atomic E-state index is 0.00541. The number of aromatic nitrogens is 5. The van der Waals surface area contributed by atoms with Crippen LogP contribution in [-0.4, -0.2) is 113 Å². The second kappa shape index (κ2) is 21.5. The summed E-state index contributed by atoms with van der Waals surface area (Å²) >= 11 is 0. The third-order valence-electron chi connectivity index (χ3n) is 11.6. The second-order valence-corrected chi connectivity index (χ2v) is 16.6. The van der Waals surface area contributed by atoms with Crippen LogP contribution in [0.5, 0.6) is 5.75 Å². The molecule has 9 rings (SSSR count). The number of nitrogens with zero attached hydrogens (tertiary/aromatic N) is 5. The molecule has 0 spiro atoms. The van der Waals surface area contributed by atoms with Crippen molar-refractivity contribution in [1.82, 2.24) is 34.7 Å². The maximum absolute atomic E-state index is 12.7. The van der Waals surface area contributed by atoms with Gasteiger partial charge in [-0.3, -0.25) is 19.3 Å². The number of likely N-dealkylation sites (tertiary alicyclic amines) is 1. The molecule has 0 aliphatic carbocycles. The Bertz CT molecular complexity index is 2950. The van der Waals surface area contributed by atoms with Crippen LogP contribution in [0.15, 0.2) is 113 Å². The molecule has 2 saturated heterocycles. The van der Waals surface area contributed by atoms with E-state index < -0.39 is 18.3 Å². The van der Waals surface area contributed by atoms with Crippen molar-refractivity contribution in [3.63, 3.8) is 0 Å². The predicted molar refractivity (Wildman–Crippen MR) is 258 cm³/mol. The Balaban J connectivity index is 0.000000184. The van der Waals surface area contributed by atoms with Gasteiger partial charge in [-0.1, -0.05) is 18.2 Å². The van der Waals surface area contributed by atoms with Gasteiger partial charge in [0.25, 0.3) is 11.1 Å². The fourth-order valence-electron chi connectivity index (χ4n) is 8.07. The van der Waals surface area contributed by atoms with E-state index in [0.717, 1.165) is 62.6 Å². The van der Waals surface area contributed by atoms with Crippen molar-refractivity contribution >= 4 is 62.1 Å². The molecule has 5 aromatic heterocycles. The fourth-order valence-corrected chi connectivity index (χ4v) is 8.07. The molecule has 7 aromatic rings. The van der Waals surface area contributed by atoms with Crippen LogP contribution in [0.25, 0.3) is 32.8 Å². The molecule has 16 nitrogen and oxygen atoms in total. The van der Waals surface area contributed by atoms with E-state index in [1.807, 2.05) is 24.3 Å². The Morgan fingerprint density at radius 1 is 0.809 bits per heavy atom. The predicted octanol–water partition coefficient (Wildman–Crippen LogP) is 7.85. The summed E-state index contributed by atoms with van der Waals surface area (Å²) in [6.07, 6.45) is 2.67. The smallest absolute Gasteiger partial charge is 0.405 e. The van der Waals surface area contributed by atoms with Gasteiger partial charge in [0.05, 0.1) is 29.7 Å². The maximum Gasteiger partial charge on any atom is 0.405 e. The molecule has 68 heavy (non-hydrogen) atoms. The van der Waals surface area contributed by atoms with Gasteiger partial charge in [0.1, 0.15) is 42.2 Å². The summed E-state index contributed by atoms with van der Waals surface area (Å²) in [7, 11) is 2.17. The summed E-state index contributed by atoms with van der Waals surface area (Å²) in [5.41, 5.74) is 3.66. The molecule has 2 fully saturated rings. The lowest BCUT2D eigenvalue weighted by atomic mass is 9.89. The van der Waals surface area contributed by atoms with Gasteiger partial charge >= 0.3 is 6.18 Å². The Morgan fingerprint density at radius 2 is 1.49 bits per heavy atom. The van der Waals surface area contributed by atoms with Gasteiger partial charge < -0.3 is 45.6 Å². The number of morpholine rings is 1. The van der Waals surface area contributed by atoms with Crippen molar-refractivity contribution in [2.45, 2.75) is 31.9 Å². The largest absolute Gasteiger partial charge is 0.492 e. The Hall–Kier alpha value is -7.35. The van der Waals surface area contributed by atoms with E-state index >= 15 is 0 Å². The summed E-state index contributed by atoms with van der Waals surface area (Å²) in [5, 5.41) is 13.3. The Labute approximate surface area is 389 Å². The standard InChI is InChI=1S/C27H28N6O2.C22H24F3N5O3/c1-17(34)30-24-8-5-21(16-29-24)23-15-20-9-12-28-27(35)25(20)26(32-23)31-22-6-3-18(4-7-22)19-10-13-33(2)14-11-19;23-22(24,25)14-27-18-12-15-4-5-26-21(31)19(15)20(29-18)28-16-2-1-3-17(13-16)33-11-8-30-6-9-32-10-7-30/h3-9,12,15-16,19H,10-11,13-14H2,1-2H3,(H,28,35)(H,31,32)(H,29,30,34);1-5,12-13H,6-11,14H2,(H,26,31)(H2,27,28,29). The van der Waals surface area contributed by atoms with E-state index in [1.165, 1.54) is 37.6 Å². The van der Waals surface area contributed by atoms with E-state index in [9.17, 15) is 27.6 Å². The van der Waals surface area contributed by atoms with Crippen molar-refractivity contribution in [3.05, 3.63) is 130 Å². The summed E-state index contributed by atoms with van der Waals surface area (Å²) in [4.78, 5) is 59.6. The number of benzene rings is 2. The number of carbonyl (C=O) groups excluding carboxylic acids is 1. The van der Waals surface area contributed by atoms with Crippen molar-refractivity contribution < 1.29 is 27.4 Å². The number of piperidine rings is 1. The average Bonchev–Trinajstić information content (AvgIpc) is 3.32. The monoisotopic (exact) mass is 931 g/mol. The molecule has 6 N–H and O–H groups in total. The number of fused-ring (bicyclic) bond motifs is 2. The summed E-state index contributed by atoms with van der Waals surface area (Å²) in [6, 6.07) is 25.9. The minimum Gasteiger partial charge on any atom is -0.492 e. The number of alkyl halides is 3. The van der Waals surface area contributed by atoms with Gasteiger partial charge in [-0.05, 0) is 116 Å². The molecule has 0 bridgehead atoms. The highest BCUT2D eigenvalue weighted by atomic mass is 19.4. The summed E-state index contributed by atoms with van der Waals surface area (Å²) in [5.74, 6) is 2.13. The van der Waals surface area contributed by atoms with Crippen LogP contribution in [0.4, 0.5) is 47.8 Å². The van der Waals surface area contributed by atoms with E-state index in [4.69, 9.17) is 14.5 Å². The number of carbonyl (C=O) groups is 1. The molecule has 0 saturated carbocycles. The molecular weight excluding hydrogens is 880 g/mol. The van der Waals surface area contributed by atoms with E-state index in [2.05, 4.69) is 82.3 Å². The molecule has 2 aliphatic heterocycles. The molecule has 0 atom stereocenters. The number of H-pyrrole nitrogens is 2. The van der Waals surface area contributed by atoms with Crippen molar-refractivity contribution in [2.24, 2.45) is 0 Å². The lowest BCUT2D eigenvalue weighted by Gasteiger charge is -2.29. The normalized spacial score (nSPS) is 14.8. The first-order valence-corrected chi connectivity index (χ1v) is 22.3. The number of aromatic amines is 2. The van der Waals surface area contributed by atoms with Crippen LogP contribution in [-0.2, 0) is 9.53 Å². The number of anilines is 6. The van der Waals surface area contributed by atoms with Gasteiger partial charge in [-0.25, -0.2) is 15.0 Å². The maximum atomic E-state index is 12.7. The molecule has 0 radical (unpaired) electrons. The molecule has 2 aliphatic rings. The first-order chi connectivity index (χ1) is 32.8. The third-order valence-corrected chi connectivity index (χ3v) is 11.6. The number of pyridine rings is 5. The number of halogens is 3. The quantitative estimate of drug-likeness (QED) is 0.0656. The average molecular weight is 932 g/mol. The molecule has 0 unspecified atom stereocenters. The van der Waals surface area contributed by atoms with Gasteiger partial charge in [0.2, 0.25) is 5.91 Å². The lowest BCUT2D eigenvalue weighted by molar-refractivity contribution is -0.115. The van der Waals surface area contributed by atoms with Crippen LogP contribution in [0, 0.1) is 0 Å².